The van der Waals surface area contributed by atoms with E-state index < -0.39 is 0 Å². The first kappa shape index (κ1) is 11.1. The molecule has 0 radical (unpaired) electrons. The van der Waals surface area contributed by atoms with Gasteiger partial charge in [0.15, 0.2) is 0 Å². The first-order chi connectivity index (χ1) is 5.59. The van der Waals surface area contributed by atoms with E-state index in [-0.39, 0.29) is 12.4 Å². The molecule has 0 bridgehead atoms. The molecule has 0 spiro atoms. The largest absolute Gasteiger partial charge is 0.384 e. The molecular weight excluding hydrogens is 296 g/mol. The minimum atomic E-state index is 0. The summed E-state index contributed by atoms with van der Waals surface area (Å²) in [5.41, 5.74) is 3.06. The third-order valence-corrected chi connectivity index (χ3v) is 3.10. The van der Waals surface area contributed by atoms with Crippen molar-refractivity contribution >= 4 is 40.7 Å². The van der Waals surface area contributed by atoms with E-state index in [2.05, 4.69) is 60.0 Å². The highest BCUT2D eigenvalue weighted by atomic mass is 127. The van der Waals surface area contributed by atoms with Crippen LogP contribution in [0.1, 0.15) is 19.4 Å². The molecule has 0 atom stereocenters. The van der Waals surface area contributed by atoms with Crippen LogP contribution in [0.2, 0.25) is 0 Å². The number of benzene rings is 1. The molecule has 1 nitrogen and oxygen atoms in total. The molecule has 0 aliphatic carbocycles. The summed E-state index contributed by atoms with van der Waals surface area (Å²) in [6.07, 6.45) is 0. The Kier molecular flexibility index (Phi) is 3.12. The highest BCUT2D eigenvalue weighted by Gasteiger charge is 2.29. The van der Waals surface area contributed by atoms with E-state index in [0.717, 1.165) is 6.54 Å². The Balaban J connectivity index is 0.000000845. The van der Waals surface area contributed by atoms with Gasteiger partial charge in [-0.1, -0.05) is 19.9 Å². The Morgan fingerprint density at radius 2 is 2.08 bits per heavy atom. The second kappa shape index (κ2) is 3.65. The van der Waals surface area contributed by atoms with Crippen molar-refractivity contribution in [3.63, 3.8) is 0 Å². The van der Waals surface area contributed by atoms with E-state index in [1.165, 1.54) is 14.8 Å². The Morgan fingerprint density at radius 3 is 2.77 bits per heavy atom. The van der Waals surface area contributed by atoms with Gasteiger partial charge in [-0.15, -0.1) is 12.4 Å². The summed E-state index contributed by atoms with van der Waals surface area (Å²) in [4.78, 5) is 0. The molecule has 1 aliphatic heterocycles. The molecule has 0 amide bonds. The van der Waals surface area contributed by atoms with E-state index in [1.54, 1.807) is 0 Å². The normalized spacial score (nSPS) is 17.2. The minimum Gasteiger partial charge on any atom is -0.384 e. The number of anilines is 1. The molecule has 1 heterocycles. The zero-order valence-corrected chi connectivity index (χ0v) is 10.7. The summed E-state index contributed by atoms with van der Waals surface area (Å²) in [5.74, 6) is 0. The molecule has 1 aromatic rings. The molecule has 1 aliphatic rings. The molecule has 72 valence electrons. The highest BCUT2D eigenvalue weighted by Crippen LogP contribution is 2.36. The van der Waals surface area contributed by atoms with Gasteiger partial charge in [0.1, 0.15) is 0 Å². The number of fused-ring (bicyclic) bond motifs is 1. The second-order valence-electron chi connectivity index (χ2n) is 3.93. The predicted molar refractivity (Wildman–Crippen MR) is 67.9 cm³/mol. The average Bonchev–Trinajstić information content (AvgIpc) is 2.27. The van der Waals surface area contributed by atoms with Gasteiger partial charge >= 0.3 is 0 Å². The molecule has 13 heavy (non-hydrogen) atoms. The van der Waals surface area contributed by atoms with Crippen LogP contribution in [0.15, 0.2) is 18.2 Å². The first-order valence-electron chi connectivity index (χ1n) is 4.13. The molecule has 0 fully saturated rings. The van der Waals surface area contributed by atoms with E-state index in [4.69, 9.17) is 0 Å². The van der Waals surface area contributed by atoms with Crippen molar-refractivity contribution in [3.05, 3.63) is 27.3 Å². The SMILES string of the molecule is CC1(C)CNc2cc(I)ccc21.Cl. The molecule has 2 rings (SSSR count). The van der Waals surface area contributed by atoms with Crippen molar-refractivity contribution < 1.29 is 0 Å². The standard InChI is InChI=1S/C10H12IN.ClH/c1-10(2)6-12-9-5-7(11)3-4-8(9)10;/h3-5,12H,6H2,1-2H3;1H. The van der Waals surface area contributed by atoms with Crippen molar-refractivity contribution in [1.29, 1.82) is 0 Å². The zero-order valence-electron chi connectivity index (χ0n) is 7.73. The molecule has 3 heteroatoms. The van der Waals surface area contributed by atoms with Gasteiger partial charge in [-0.25, -0.2) is 0 Å². The van der Waals surface area contributed by atoms with Crippen molar-refractivity contribution in [2.24, 2.45) is 0 Å². The summed E-state index contributed by atoms with van der Waals surface area (Å²) in [5, 5.41) is 3.43. The van der Waals surface area contributed by atoms with Crippen LogP contribution in [0.3, 0.4) is 0 Å². The quantitative estimate of drug-likeness (QED) is 0.724. The van der Waals surface area contributed by atoms with Crippen LogP contribution in [0, 0.1) is 3.57 Å². The zero-order chi connectivity index (χ0) is 8.77. The maximum Gasteiger partial charge on any atom is 0.0389 e. The summed E-state index contributed by atoms with van der Waals surface area (Å²) in [6.45, 7) is 5.61. The summed E-state index contributed by atoms with van der Waals surface area (Å²) >= 11 is 2.35. The van der Waals surface area contributed by atoms with Gasteiger partial charge in [0, 0.05) is 21.2 Å². The highest BCUT2D eigenvalue weighted by molar-refractivity contribution is 14.1. The van der Waals surface area contributed by atoms with Crippen LogP contribution in [0.5, 0.6) is 0 Å². The number of halogens is 2. The van der Waals surface area contributed by atoms with Gasteiger partial charge in [-0.05, 0) is 40.3 Å². The van der Waals surface area contributed by atoms with Gasteiger partial charge in [0.05, 0.1) is 0 Å². The van der Waals surface area contributed by atoms with Crippen molar-refractivity contribution in [3.8, 4) is 0 Å². The average molecular weight is 310 g/mol. The van der Waals surface area contributed by atoms with E-state index >= 15 is 0 Å². The van der Waals surface area contributed by atoms with Gasteiger partial charge in [-0.3, -0.25) is 0 Å². The lowest BCUT2D eigenvalue weighted by atomic mass is 9.87. The molecule has 1 aromatic carbocycles. The lowest BCUT2D eigenvalue weighted by molar-refractivity contribution is 0.586. The third kappa shape index (κ3) is 1.94. The number of rotatable bonds is 0. The first-order valence-corrected chi connectivity index (χ1v) is 5.21. The van der Waals surface area contributed by atoms with Crippen LogP contribution < -0.4 is 5.32 Å². The monoisotopic (exact) mass is 309 g/mol. The maximum absolute atomic E-state index is 3.43. The van der Waals surface area contributed by atoms with Gasteiger partial charge in [0.2, 0.25) is 0 Å². The molecule has 0 unspecified atom stereocenters. The Labute approximate surface area is 98.9 Å². The Morgan fingerprint density at radius 1 is 1.38 bits per heavy atom. The van der Waals surface area contributed by atoms with E-state index in [9.17, 15) is 0 Å². The smallest absolute Gasteiger partial charge is 0.0389 e. The summed E-state index contributed by atoms with van der Waals surface area (Å²) in [7, 11) is 0. The summed E-state index contributed by atoms with van der Waals surface area (Å²) in [6, 6.07) is 6.62. The second-order valence-corrected chi connectivity index (χ2v) is 5.17. The Hall–Kier alpha value is 0.0400. The van der Waals surface area contributed by atoms with Gasteiger partial charge in [0.25, 0.3) is 0 Å². The fourth-order valence-corrected chi connectivity index (χ4v) is 2.16. The van der Waals surface area contributed by atoms with Crippen molar-refractivity contribution in [2.45, 2.75) is 19.3 Å². The van der Waals surface area contributed by atoms with Crippen LogP contribution in [-0.4, -0.2) is 6.54 Å². The Bertz CT molecular complexity index is 323. The van der Waals surface area contributed by atoms with Gasteiger partial charge in [-0.2, -0.15) is 0 Å². The van der Waals surface area contributed by atoms with E-state index in [0.29, 0.717) is 5.41 Å². The topological polar surface area (TPSA) is 12.0 Å². The number of nitrogens with one attached hydrogen (secondary N) is 1. The molecule has 0 saturated heterocycles. The predicted octanol–water partition coefficient (Wildman–Crippen LogP) is 3.42. The minimum absolute atomic E-state index is 0. The van der Waals surface area contributed by atoms with E-state index in [1.807, 2.05) is 0 Å². The van der Waals surface area contributed by atoms with Crippen LogP contribution in [0.25, 0.3) is 0 Å². The molecule has 0 saturated carbocycles. The summed E-state index contributed by atoms with van der Waals surface area (Å²) < 4.78 is 1.30. The van der Waals surface area contributed by atoms with Crippen LogP contribution in [0.4, 0.5) is 5.69 Å². The van der Waals surface area contributed by atoms with Crippen LogP contribution >= 0.6 is 35.0 Å². The third-order valence-electron chi connectivity index (χ3n) is 2.43. The lowest BCUT2D eigenvalue weighted by Gasteiger charge is -2.16. The van der Waals surface area contributed by atoms with Gasteiger partial charge < -0.3 is 5.32 Å². The molecular formula is C10H13ClIN. The maximum atomic E-state index is 3.43. The molecule has 0 aromatic heterocycles. The lowest BCUT2D eigenvalue weighted by Crippen LogP contribution is -2.18. The molecule has 1 N–H and O–H groups in total. The van der Waals surface area contributed by atoms with Crippen molar-refractivity contribution in [1.82, 2.24) is 0 Å². The van der Waals surface area contributed by atoms with Crippen LogP contribution in [-0.2, 0) is 5.41 Å². The fraction of sp³-hybridized carbons (Fsp3) is 0.400. The van der Waals surface area contributed by atoms with Crippen molar-refractivity contribution in [2.75, 3.05) is 11.9 Å². The number of hydrogen-bond acceptors (Lipinski definition) is 1. The number of hydrogen-bond donors (Lipinski definition) is 1. The fourth-order valence-electron chi connectivity index (χ4n) is 1.66.